The molecule has 0 aliphatic carbocycles. The van der Waals surface area contributed by atoms with E-state index in [0.717, 1.165) is 39.2 Å². The van der Waals surface area contributed by atoms with Gasteiger partial charge in [0.15, 0.2) is 0 Å². The number of hydrogen-bond donors (Lipinski definition) is 0. The van der Waals surface area contributed by atoms with Crippen molar-refractivity contribution < 1.29 is 14.3 Å². The summed E-state index contributed by atoms with van der Waals surface area (Å²) < 4.78 is 5.19. The molecule has 0 spiro atoms. The second-order valence-corrected chi connectivity index (χ2v) is 6.71. The standard InChI is InChI=1S/C17H32N4O3/c1-4-16-13-18(5-6-20(16)11-12-24-3)14-17(23)21-9-7-19(8-10-21)15(2)22/h16H,4-14H2,1-3H3/t16-/m1/s1. The SMILES string of the molecule is CC[C@@H]1CN(CC(=O)N2CCN(C(C)=O)CC2)CCN1CCOC. The predicted octanol–water partition coefficient (Wildman–Crippen LogP) is -0.280. The van der Waals surface area contributed by atoms with E-state index in [1.165, 1.54) is 0 Å². The highest BCUT2D eigenvalue weighted by molar-refractivity contribution is 5.79. The van der Waals surface area contributed by atoms with Gasteiger partial charge in [0.25, 0.3) is 0 Å². The first-order chi connectivity index (χ1) is 11.5. The monoisotopic (exact) mass is 340 g/mol. The highest BCUT2D eigenvalue weighted by atomic mass is 16.5. The summed E-state index contributed by atoms with van der Waals surface area (Å²) in [4.78, 5) is 32.4. The van der Waals surface area contributed by atoms with Crippen LogP contribution in [0.1, 0.15) is 20.3 Å². The van der Waals surface area contributed by atoms with E-state index in [1.807, 2.05) is 9.80 Å². The van der Waals surface area contributed by atoms with Gasteiger partial charge in [0.05, 0.1) is 13.2 Å². The van der Waals surface area contributed by atoms with Crippen molar-refractivity contribution in [3.8, 4) is 0 Å². The fourth-order valence-electron chi connectivity index (χ4n) is 3.55. The van der Waals surface area contributed by atoms with Crippen molar-refractivity contribution in [3.63, 3.8) is 0 Å². The topological polar surface area (TPSA) is 56.3 Å². The number of hydrogen-bond acceptors (Lipinski definition) is 5. The molecule has 138 valence electrons. The van der Waals surface area contributed by atoms with Gasteiger partial charge in [-0.2, -0.15) is 0 Å². The zero-order valence-electron chi connectivity index (χ0n) is 15.4. The third-order valence-electron chi connectivity index (χ3n) is 5.18. The molecule has 24 heavy (non-hydrogen) atoms. The van der Waals surface area contributed by atoms with Crippen molar-refractivity contribution in [1.29, 1.82) is 0 Å². The van der Waals surface area contributed by atoms with Crippen molar-refractivity contribution >= 4 is 11.8 Å². The Morgan fingerprint density at radius 2 is 1.71 bits per heavy atom. The molecule has 2 heterocycles. The van der Waals surface area contributed by atoms with Gasteiger partial charge in [-0.25, -0.2) is 0 Å². The number of carbonyl (C=O) groups is 2. The Hall–Kier alpha value is -1.18. The molecule has 2 fully saturated rings. The molecule has 0 radical (unpaired) electrons. The molecule has 2 rings (SSSR count). The second-order valence-electron chi connectivity index (χ2n) is 6.71. The highest BCUT2D eigenvalue weighted by Gasteiger charge is 2.28. The molecule has 2 saturated heterocycles. The maximum absolute atomic E-state index is 12.5. The number of rotatable bonds is 6. The number of piperazine rings is 2. The molecule has 0 saturated carbocycles. The Labute approximate surface area is 145 Å². The minimum atomic E-state index is 0.0973. The van der Waals surface area contributed by atoms with Crippen LogP contribution in [0.5, 0.6) is 0 Å². The number of carbonyl (C=O) groups excluding carboxylic acids is 2. The maximum atomic E-state index is 12.5. The summed E-state index contributed by atoms with van der Waals surface area (Å²) in [6, 6.07) is 0.497. The summed E-state index contributed by atoms with van der Waals surface area (Å²) in [6.07, 6.45) is 1.09. The van der Waals surface area contributed by atoms with Crippen LogP contribution in [0.2, 0.25) is 0 Å². The molecule has 1 atom stereocenters. The van der Waals surface area contributed by atoms with Crippen LogP contribution < -0.4 is 0 Å². The van der Waals surface area contributed by atoms with Crippen molar-refractivity contribution in [2.24, 2.45) is 0 Å². The lowest BCUT2D eigenvalue weighted by atomic mass is 10.1. The summed E-state index contributed by atoms with van der Waals surface area (Å²) in [5.74, 6) is 0.290. The highest BCUT2D eigenvalue weighted by Crippen LogP contribution is 2.13. The van der Waals surface area contributed by atoms with Gasteiger partial charge in [0, 0.05) is 72.4 Å². The van der Waals surface area contributed by atoms with E-state index in [4.69, 9.17) is 4.74 Å². The molecule has 0 aromatic rings. The van der Waals surface area contributed by atoms with Gasteiger partial charge in [-0.05, 0) is 6.42 Å². The van der Waals surface area contributed by atoms with Gasteiger partial charge in [-0.1, -0.05) is 6.92 Å². The third-order valence-corrected chi connectivity index (χ3v) is 5.18. The lowest BCUT2D eigenvalue weighted by Crippen LogP contribution is -2.57. The summed E-state index contributed by atoms with van der Waals surface area (Å²) in [6.45, 7) is 11.5. The van der Waals surface area contributed by atoms with Gasteiger partial charge in [0.2, 0.25) is 11.8 Å². The lowest BCUT2D eigenvalue weighted by molar-refractivity contribution is -0.139. The van der Waals surface area contributed by atoms with Gasteiger partial charge in [-0.3, -0.25) is 19.4 Å². The minimum absolute atomic E-state index is 0.0973. The Kier molecular flexibility index (Phi) is 7.45. The average molecular weight is 340 g/mol. The quantitative estimate of drug-likeness (QED) is 0.666. The molecule has 7 nitrogen and oxygen atoms in total. The minimum Gasteiger partial charge on any atom is -0.383 e. The zero-order chi connectivity index (χ0) is 17.5. The largest absolute Gasteiger partial charge is 0.383 e. The molecule has 2 aliphatic rings. The Bertz CT molecular complexity index is 424. The van der Waals surface area contributed by atoms with E-state index in [1.54, 1.807) is 14.0 Å². The molecular weight excluding hydrogens is 308 g/mol. The predicted molar refractivity (Wildman–Crippen MR) is 92.8 cm³/mol. The lowest BCUT2D eigenvalue weighted by Gasteiger charge is -2.42. The van der Waals surface area contributed by atoms with Crippen molar-refractivity contribution in [1.82, 2.24) is 19.6 Å². The average Bonchev–Trinajstić information content (AvgIpc) is 2.60. The number of amides is 2. The van der Waals surface area contributed by atoms with E-state index in [9.17, 15) is 9.59 Å². The van der Waals surface area contributed by atoms with Gasteiger partial charge >= 0.3 is 0 Å². The van der Waals surface area contributed by atoms with E-state index < -0.39 is 0 Å². The summed E-state index contributed by atoms with van der Waals surface area (Å²) in [5, 5.41) is 0. The molecule has 7 heteroatoms. The van der Waals surface area contributed by atoms with E-state index in [2.05, 4.69) is 16.7 Å². The first-order valence-corrected chi connectivity index (χ1v) is 9.03. The molecule has 2 aliphatic heterocycles. The molecule has 0 aromatic heterocycles. The van der Waals surface area contributed by atoms with E-state index in [0.29, 0.717) is 38.8 Å². The summed E-state index contributed by atoms with van der Waals surface area (Å²) >= 11 is 0. The second kappa shape index (κ2) is 9.34. The molecule has 0 unspecified atom stereocenters. The van der Waals surface area contributed by atoms with Gasteiger partial charge in [-0.15, -0.1) is 0 Å². The van der Waals surface area contributed by atoms with Crippen LogP contribution in [0.4, 0.5) is 0 Å². The molecule has 0 aromatic carbocycles. The smallest absolute Gasteiger partial charge is 0.236 e. The van der Waals surface area contributed by atoms with Gasteiger partial charge in [0.1, 0.15) is 0 Å². The van der Waals surface area contributed by atoms with Crippen LogP contribution in [0.3, 0.4) is 0 Å². The van der Waals surface area contributed by atoms with Crippen molar-refractivity contribution in [3.05, 3.63) is 0 Å². The number of methoxy groups -OCH3 is 1. The van der Waals surface area contributed by atoms with E-state index in [-0.39, 0.29) is 11.8 Å². The van der Waals surface area contributed by atoms with Gasteiger partial charge < -0.3 is 14.5 Å². The van der Waals surface area contributed by atoms with Crippen molar-refractivity contribution in [2.45, 2.75) is 26.3 Å². The van der Waals surface area contributed by atoms with Crippen LogP contribution in [-0.2, 0) is 14.3 Å². The van der Waals surface area contributed by atoms with Crippen LogP contribution in [-0.4, -0.2) is 110 Å². The Balaban J connectivity index is 1.77. The van der Waals surface area contributed by atoms with Crippen LogP contribution in [0.15, 0.2) is 0 Å². The number of ether oxygens (including phenoxy) is 1. The van der Waals surface area contributed by atoms with Crippen LogP contribution in [0.25, 0.3) is 0 Å². The maximum Gasteiger partial charge on any atom is 0.236 e. The van der Waals surface area contributed by atoms with E-state index >= 15 is 0 Å². The normalized spacial score (nSPS) is 23.5. The summed E-state index contributed by atoms with van der Waals surface area (Å²) in [7, 11) is 1.74. The first kappa shape index (κ1) is 19.1. The fraction of sp³-hybridized carbons (Fsp3) is 0.882. The molecule has 2 amide bonds. The van der Waals surface area contributed by atoms with Crippen LogP contribution >= 0.6 is 0 Å². The zero-order valence-corrected chi connectivity index (χ0v) is 15.4. The summed E-state index contributed by atoms with van der Waals surface area (Å²) in [5.41, 5.74) is 0. The molecule has 0 bridgehead atoms. The molecule has 0 N–H and O–H groups in total. The third kappa shape index (κ3) is 5.16. The van der Waals surface area contributed by atoms with Crippen molar-refractivity contribution in [2.75, 3.05) is 72.6 Å². The van der Waals surface area contributed by atoms with Crippen LogP contribution in [0, 0.1) is 0 Å². The Morgan fingerprint density at radius 3 is 2.29 bits per heavy atom. The first-order valence-electron chi connectivity index (χ1n) is 9.03. The fourth-order valence-corrected chi connectivity index (χ4v) is 3.55. The number of nitrogens with zero attached hydrogens (tertiary/aromatic N) is 4. The molecular formula is C17H32N4O3. The Morgan fingerprint density at radius 1 is 1.04 bits per heavy atom.